The molecular weight excluding hydrogens is 356 g/mol. The summed E-state index contributed by atoms with van der Waals surface area (Å²) in [7, 11) is -3.17. The van der Waals surface area contributed by atoms with Crippen LogP contribution in [0.5, 0.6) is 0 Å². The quantitative estimate of drug-likeness (QED) is 0.851. The van der Waals surface area contributed by atoms with Gasteiger partial charge in [0.15, 0.2) is 9.84 Å². The molecule has 120 valence electrons. The van der Waals surface area contributed by atoms with Gasteiger partial charge in [-0.25, -0.2) is 8.42 Å². The van der Waals surface area contributed by atoms with Gasteiger partial charge in [-0.2, -0.15) is 5.10 Å². The summed E-state index contributed by atoms with van der Waals surface area (Å²) >= 11 is 3.54. The summed E-state index contributed by atoms with van der Waals surface area (Å²) < 4.78 is 27.0. The SMILES string of the molecule is CCc1nn(CC)c(CC(O)C2CCCCS2(=O)=O)c1Br. The first-order valence-electron chi connectivity index (χ1n) is 7.54. The Kier molecular flexibility index (Phi) is 5.48. The first kappa shape index (κ1) is 17.0. The number of hydrogen-bond acceptors (Lipinski definition) is 4. The molecule has 0 aliphatic carbocycles. The van der Waals surface area contributed by atoms with Crippen molar-refractivity contribution in [3.05, 3.63) is 15.9 Å². The predicted molar refractivity (Wildman–Crippen MR) is 86.1 cm³/mol. The van der Waals surface area contributed by atoms with Crippen LogP contribution in [0.2, 0.25) is 0 Å². The lowest BCUT2D eigenvalue weighted by Crippen LogP contribution is -2.40. The highest BCUT2D eigenvalue weighted by Gasteiger charge is 2.35. The van der Waals surface area contributed by atoms with Gasteiger partial charge in [-0.3, -0.25) is 4.68 Å². The summed E-state index contributed by atoms with van der Waals surface area (Å²) in [4.78, 5) is 0. The fourth-order valence-corrected chi connectivity index (χ4v) is 5.69. The van der Waals surface area contributed by atoms with Crippen LogP contribution in [0.4, 0.5) is 0 Å². The van der Waals surface area contributed by atoms with E-state index in [9.17, 15) is 13.5 Å². The predicted octanol–water partition coefficient (Wildman–Crippen LogP) is 2.10. The molecule has 0 spiro atoms. The molecule has 1 fully saturated rings. The van der Waals surface area contributed by atoms with Gasteiger partial charge in [0.25, 0.3) is 0 Å². The van der Waals surface area contributed by atoms with Crippen LogP contribution in [0.1, 0.15) is 44.5 Å². The lowest BCUT2D eigenvalue weighted by atomic mass is 10.0. The summed E-state index contributed by atoms with van der Waals surface area (Å²) in [5, 5.41) is 14.3. The van der Waals surface area contributed by atoms with E-state index in [-0.39, 0.29) is 5.75 Å². The number of aliphatic hydroxyl groups excluding tert-OH is 1. The number of aromatic nitrogens is 2. The highest BCUT2D eigenvalue weighted by molar-refractivity contribution is 9.10. The molecule has 2 atom stereocenters. The second-order valence-corrected chi connectivity index (χ2v) is 8.68. The van der Waals surface area contributed by atoms with Gasteiger partial charge < -0.3 is 5.11 Å². The Morgan fingerprint density at radius 1 is 1.43 bits per heavy atom. The summed E-state index contributed by atoms with van der Waals surface area (Å²) in [6.45, 7) is 4.73. The molecular formula is C14H23BrN2O3S. The minimum Gasteiger partial charge on any atom is -0.391 e. The van der Waals surface area contributed by atoms with Crippen LogP contribution >= 0.6 is 15.9 Å². The summed E-state index contributed by atoms with van der Waals surface area (Å²) in [6.07, 6.45) is 2.40. The average Bonchev–Trinajstić information content (AvgIpc) is 2.74. The van der Waals surface area contributed by atoms with Crippen LogP contribution < -0.4 is 0 Å². The number of rotatable bonds is 5. The molecule has 1 aromatic rings. The van der Waals surface area contributed by atoms with Gasteiger partial charge in [0.1, 0.15) is 0 Å². The van der Waals surface area contributed by atoms with E-state index in [1.54, 1.807) is 0 Å². The Labute approximate surface area is 134 Å². The van der Waals surface area contributed by atoms with E-state index in [0.717, 1.165) is 28.7 Å². The topological polar surface area (TPSA) is 72.2 Å². The molecule has 5 nitrogen and oxygen atoms in total. The highest BCUT2D eigenvalue weighted by Crippen LogP contribution is 2.28. The van der Waals surface area contributed by atoms with Gasteiger partial charge in [-0.05, 0) is 42.1 Å². The van der Waals surface area contributed by atoms with Crippen LogP contribution in [0.25, 0.3) is 0 Å². The van der Waals surface area contributed by atoms with Gasteiger partial charge in [-0.15, -0.1) is 0 Å². The van der Waals surface area contributed by atoms with Gasteiger partial charge in [0, 0.05) is 13.0 Å². The molecule has 1 saturated heterocycles. The van der Waals surface area contributed by atoms with E-state index in [4.69, 9.17) is 0 Å². The Balaban J connectivity index is 2.23. The van der Waals surface area contributed by atoms with Gasteiger partial charge in [-0.1, -0.05) is 13.3 Å². The number of halogens is 1. The Morgan fingerprint density at radius 2 is 2.14 bits per heavy atom. The second-order valence-electron chi connectivity index (χ2n) is 5.55. The van der Waals surface area contributed by atoms with Crippen molar-refractivity contribution in [3.8, 4) is 0 Å². The lowest BCUT2D eigenvalue weighted by molar-refractivity contribution is 0.159. The van der Waals surface area contributed by atoms with Crippen LogP contribution in [-0.4, -0.2) is 40.4 Å². The molecule has 1 aliphatic heterocycles. The molecule has 0 bridgehead atoms. The fourth-order valence-electron chi connectivity index (χ4n) is 2.95. The molecule has 1 aromatic heterocycles. The molecule has 2 heterocycles. The van der Waals surface area contributed by atoms with Crippen molar-refractivity contribution >= 4 is 25.8 Å². The summed E-state index contributed by atoms with van der Waals surface area (Å²) in [6, 6.07) is 0. The van der Waals surface area contributed by atoms with E-state index in [0.29, 0.717) is 25.8 Å². The zero-order valence-electron chi connectivity index (χ0n) is 12.5. The smallest absolute Gasteiger partial charge is 0.155 e. The van der Waals surface area contributed by atoms with Crippen LogP contribution in [0.3, 0.4) is 0 Å². The zero-order chi connectivity index (χ0) is 15.6. The molecule has 1 aliphatic rings. The Hall–Kier alpha value is -0.400. The molecule has 1 N–H and O–H groups in total. The van der Waals surface area contributed by atoms with E-state index < -0.39 is 21.2 Å². The van der Waals surface area contributed by atoms with E-state index in [2.05, 4.69) is 21.0 Å². The minimum absolute atomic E-state index is 0.198. The van der Waals surface area contributed by atoms with E-state index in [1.807, 2.05) is 18.5 Å². The maximum absolute atomic E-state index is 12.1. The number of aliphatic hydroxyl groups is 1. The second kappa shape index (κ2) is 6.79. The van der Waals surface area contributed by atoms with Crippen LogP contribution in [0, 0.1) is 0 Å². The third-order valence-electron chi connectivity index (χ3n) is 4.15. The summed E-state index contributed by atoms with van der Waals surface area (Å²) in [5.74, 6) is 0.198. The maximum Gasteiger partial charge on any atom is 0.155 e. The minimum atomic E-state index is -3.17. The van der Waals surface area contributed by atoms with Crippen molar-refractivity contribution in [2.75, 3.05) is 5.75 Å². The van der Waals surface area contributed by atoms with Gasteiger partial charge in [0.05, 0.1) is 33.0 Å². The molecule has 0 aromatic carbocycles. The van der Waals surface area contributed by atoms with Crippen LogP contribution in [-0.2, 0) is 29.2 Å². The average molecular weight is 379 g/mol. The highest BCUT2D eigenvalue weighted by atomic mass is 79.9. The Morgan fingerprint density at radius 3 is 2.71 bits per heavy atom. The maximum atomic E-state index is 12.1. The molecule has 21 heavy (non-hydrogen) atoms. The van der Waals surface area contributed by atoms with Crippen molar-refractivity contribution in [2.24, 2.45) is 0 Å². The number of nitrogens with zero attached hydrogens (tertiary/aromatic N) is 2. The van der Waals surface area contributed by atoms with Crippen molar-refractivity contribution in [1.29, 1.82) is 0 Å². The zero-order valence-corrected chi connectivity index (χ0v) is 15.0. The first-order chi connectivity index (χ1) is 9.90. The van der Waals surface area contributed by atoms with Gasteiger partial charge >= 0.3 is 0 Å². The third kappa shape index (κ3) is 3.51. The number of sulfone groups is 1. The van der Waals surface area contributed by atoms with Gasteiger partial charge in [0.2, 0.25) is 0 Å². The van der Waals surface area contributed by atoms with Crippen molar-refractivity contribution in [1.82, 2.24) is 9.78 Å². The molecule has 0 amide bonds. The largest absolute Gasteiger partial charge is 0.391 e. The van der Waals surface area contributed by atoms with E-state index in [1.165, 1.54) is 0 Å². The lowest BCUT2D eigenvalue weighted by Gasteiger charge is -2.26. The molecule has 7 heteroatoms. The van der Waals surface area contributed by atoms with Crippen LogP contribution in [0.15, 0.2) is 4.47 Å². The molecule has 0 radical (unpaired) electrons. The Bertz CT molecular complexity index is 598. The standard InChI is InChI=1S/C14H23BrN2O3S/c1-3-10-14(15)11(17(4-2)16-10)9-12(18)13-7-5-6-8-21(13,19)20/h12-13,18H,3-9H2,1-2H3. The number of aryl methyl sites for hydroxylation is 2. The molecule has 2 unspecified atom stereocenters. The third-order valence-corrected chi connectivity index (χ3v) is 7.40. The number of hydrogen-bond donors (Lipinski definition) is 1. The first-order valence-corrected chi connectivity index (χ1v) is 10.0. The summed E-state index contributed by atoms with van der Waals surface area (Å²) in [5.41, 5.74) is 1.84. The van der Waals surface area contributed by atoms with E-state index >= 15 is 0 Å². The normalized spacial score (nSPS) is 23.1. The fraction of sp³-hybridized carbons (Fsp3) is 0.786. The molecule has 0 saturated carbocycles. The van der Waals surface area contributed by atoms with Crippen molar-refractivity contribution < 1.29 is 13.5 Å². The van der Waals surface area contributed by atoms with Crippen molar-refractivity contribution in [2.45, 2.75) is 63.9 Å². The van der Waals surface area contributed by atoms with Crippen molar-refractivity contribution in [3.63, 3.8) is 0 Å². The monoisotopic (exact) mass is 378 g/mol. The molecule has 2 rings (SSSR count).